The number of rotatable bonds is 4. The van der Waals surface area contributed by atoms with E-state index in [2.05, 4.69) is 9.71 Å². The molecule has 1 heterocycles. The Morgan fingerprint density at radius 1 is 1.27 bits per heavy atom. The van der Waals surface area contributed by atoms with Gasteiger partial charge in [0.15, 0.2) is 0 Å². The Bertz CT molecular complexity index is 614. The van der Waals surface area contributed by atoms with E-state index in [1.807, 2.05) is 19.0 Å². The molecule has 9 heteroatoms. The van der Waals surface area contributed by atoms with Crippen molar-refractivity contribution in [3.8, 4) is 0 Å². The van der Waals surface area contributed by atoms with Gasteiger partial charge in [0.05, 0.1) is 0 Å². The van der Waals surface area contributed by atoms with Gasteiger partial charge in [-0.25, -0.2) is 13.1 Å². The average molecular weight is 337 g/mol. The van der Waals surface area contributed by atoms with Gasteiger partial charge in [0.25, 0.3) is 0 Å². The second kappa shape index (κ2) is 6.13. The summed E-state index contributed by atoms with van der Waals surface area (Å²) in [5, 5.41) is 0. The second-order valence-electron chi connectivity index (χ2n) is 5.63. The van der Waals surface area contributed by atoms with Gasteiger partial charge < -0.3 is 4.90 Å². The number of alkyl halides is 3. The first-order valence-corrected chi connectivity index (χ1v) is 8.30. The SMILES string of the molecule is CN(C)[C@H]1CC[C@@H](NS(=O)(=O)c2ccc(C(F)(F)F)nc2)C1. The van der Waals surface area contributed by atoms with E-state index in [1.165, 1.54) is 0 Å². The molecule has 1 fully saturated rings. The molecule has 1 saturated carbocycles. The summed E-state index contributed by atoms with van der Waals surface area (Å²) in [6.07, 6.45) is -1.58. The van der Waals surface area contributed by atoms with Crippen LogP contribution in [0.1, 0.15) is 25.0 Å². The molecular weight excluding hydrogens is 319 g/mol. The van der Waals surface area contributed by atoms with Gasteiger partial charge >= 0.3 is 6.18 Å². The Balaban J connectivity index is 2.08. The molecule has 0 aromatic carbocycles. The number of hydrogen-bond donors (Lipinski definition) is 1. The predicted octanol–water partition coefficient (Wildman–Crippen LogP) is 1.86. The predicted molar refractivity (Wildman–Crippen MR) is 74.7 cm³/mol. The van der Waals surface area contributed by atoms with Crippen LogP contribution in [-0.2, 0) is 16.2 Å². The standard InChI is InChI=1S/C13H18F3N3O2S/c1-19(2)10-4-3-9(7-10)18-22(20,21)11-5-6-12(17-8-11)13(14,15)16/h5-6,8-10,18H,3-4,7H2,1-2H3/t9-,10+/m1/s1. The van der Waals surface area contributed by atoms with E-state index in [-0.39, 0.29) is 10.9 Å². The lowest BCUT2D eigenvalue weighted by Gasteiger charge is -2.19. The maximum Gasteiger partial charge on any atom is 0.433 e. The van der Waals surface area contributed by atoms with Gasteiger partial charge in [-0.3, -0.25) is 4.98 Å². The van der Waals surface area contributed by atoms with E-state index < -0.39 is 21.9 Å². The van der Waals surface area contributed by atoms with Crippen molar-refractivity contribution in [2.24, 2.45) is 0 Å². The van der Waals surface area contributed by atoms with Crippen LogP contribution < -0.4 is 4.72 Å². The van der Waals surface area contributed by atoms with Crippen LogP contribution in [0.4, 0.5) is 13.2 Å². The molecule has 0 unspecified atom stereocenters. The van der Waals surface area contributed by atoms with Crippen LogP contribution in [0.3, 0.4) is 0 Å². The third kappa shape index (κ3) is 3.96. The van der Waals surface area contributed by atoms with Crippen molar-refractivity contribution in [2.75, 3.05) is 14.1 Å². The lowest BCUT2D eigenvalue weighted by atomic mass is 10.2. The number of nitrogens with zero attached hydrogens (tertiary/aromatic N) is 2. The molecule has 2 rings (SSSR count). The molecule has 5 nitrogen and oxygen atoms in total. The van der Waals surface area contributed by atoms with Crippen molar-refractivity contribution in [1.29, 1.82) is 0 Å². The number of nitrogens with one attached hydrogen (secondary N) is 1. The Labute approximate surface area is 127 Å². The van der Waals surface area contributed by atoms with Crippen LogP contribution >= 0.6 is 0 Å². The zero-order valence-electron chi connectivity index (χ0n) is 12.3. The summed E-state index contributed by atoms with van der Waals surface area (Å²) in [4.78, 5) is 4.96. The third-order valence-electron chi connectivity index (χ3n) is 3.79. The average Bonchev–Trinajstić information content (AvgIpc) is 2.86. The van der Waals surface area contributed by atoms with E-state index >= 15 is 0 Å². The van der Waals surface area contributed by atoms with Crippen LogP contribution in [0, 0.1) is 0 Å². The minimum Gasteiger partial charge on any atom is -0.306 e. The quantitative estimate of drug-likeness (QED) is 0.911. The molecule has 1 aromatic rings. The molecule has 1 aliphatic rings. The highest BCUT2D eigenvalue weighted by molar-refractivity contribution is 7.89. The molecule has 0 saturated heterocycles. The van der Waals surface area contributed by atoms with Crippen molar-refractivity contribution in [2.45, 2.75) is 42.4 Å². The van der Waals surface area contributed by atoms with Gasteiger partial charge in [0, 0.05) is 18.3 Å². The summed E-state index contributed by atoms with van der Waals surface area (Å²) >= 11 is 0. The van der Waals surface area contributed by atoms with Crippen LogP contribution in [-0.4, -0.2) is 44.5 Å². The highest BCUT2D eigenvalue weighted by atomic mass is 32.2. The van der Waals surface area contributed by atoms with Crippen molar-refractivity contribution in [3.05, 3.63) is 24.0 Å². The maximum absolute atomic E-state index is 12.4. The summed E-state index contributed by atoms with van der Waals surface area (Å²) in [5.41, 5.74) is -1.11. The first-order valence-electron chi connectivity index (χ1n) is 6.81. The molecule has 0 spiro atoms. The second-order valence-corrected chi connectivity index (χ2v) is 7.34. The summed E-state index contributed by atoms with van der Waals surface area (Å²) in [5.74, 6) is 0. The smallest absolute Gasteiger partial charge is 0.306 e. The van der Waals surface area contributed by atoms with Gasteiger partial charge in [0.1, 0.15) is 10.6 Å². The van der Waals surface area contributed by atoms with Gasteiger partial charge in [0.2, 0.25) is 10.0 Å². The number of halogens is 3. The van der Waals surface area contributed by atoms with Crippen molar-refractivity contribution in [1.82, 2.24) is 14.6 Å². The van der Waals surface area contributed by atoms with Gasteiger partial charge in [-0.05, 0) is 45.5 Å². The normalized spacial score (nSPS) is 23.2. The highest BCUT2D eigenvalue weighted by Gasteiger charge is 2.33. The van der Waals surface area contributed by atoms with Crippen LogP contribution in [0.15, 0.2) is 23.2 Å². The first kappa shape index (κ1) is 17.2. The lowest BCUT2D eigenvalue weighted by Crippen LogP contribution is -2.35. The Hall–Kier alpha value is -1.19. The zero-order valence-corrected chi connectivity index (χ0v) is 13.1. The summed E-state index contributed by atoms with van der Waals surface area (Å²) < 4.78 is 64.2. The lowest BCUT2D eigenvalue weighted by molar-refractivity contribution is -0.141. The Kier molecular flexibility index (Phi) is 4.78. The number of aromatic nitrogens is 1. The van der Waals surface area contributed by atoms with Crippen LogP contribution in [0.25, 0.3) is 0 Å². The molecule has 22 heavy (non-hydrogen) atoms. The topological polar surface area (TPSA) is 62.3 Å². The van der Waals surface area contributed by atoms with Crippen molar-refractivity contribution < 1.29 is 21.6 Å². The highest BCUT2D eigenvalue weighted by Crippen LogP contribution is 2.28. The monoisotopic (exact) mass is 337 g/mol. The van der Waals surface area contributed by atoms with Gasteiger partial charge in [-0.15, -0.1) is 0 Å². The van der Waals surface area contributed by atoms with Gasteiger partial charge in [-0.1, -0.05) is 0 Å². The molecule has 2 atom stereocenters. The minimum absolute atomic E-state index is 0.209. The zero-order chi connectivity index (χ0) is 16.5. The molecule has 124 valence electrons. The van der Waals surface area contributed by atoms with E-state index in [0.717, 1.165) is 18.7 Å². The van der Waals surface area contributed by atoms with Crippen LogP contribution in [0.5, 0.6) is 0 Å². The first-order chi connectivity index (χ1) is 10.1. The number of sulfonamides is 1. The Morgan fingerprint density at radius 2 is 1.95 bits per heavy atom. The summed E-state index contributed by atoms with van der Waals surface area (Å²) in [7, 11) is 0.0103. The van der Waals surface area contributed by atoms with E-state index in [1.54, 1.807) is 0 Å². The molecule has 0 bridgehead atoms. The minimum atomic E-state index is -4.58. The van der Waals surface area contributed by atoms with E-state index in [0.29, 0.717) is 24.9 Å². The largest absolute Gasteiger partial charge is 0.433 e. The summed E-state index contributed by atoms with van der Waals surface area (Å²) in [6, 6.07) is 1.70. The Morgan fingerprint density at radius 3 is 2.41 bits per heavy atom. The summed E-state index contributed by atoms with van der Waals surface area (Å²) in [6.45, 7) is 0. The fourth-order valence-corrected chi connectivity index (χ4v) is 3.76. The van der Waals surface area contributed by atoms with Crippen molar-refractivity contribution >= 4 is 10.0 Å². The van der Waals surface area contributed by atoms with E-state index in [4.69, 9.17) is 0 Å². The van der Waals surface area contributed by atoms with Crippen LogP contribution in [0.2, 0.25) is 0 Å². The number of pyridine rings is 1. The van der Waals surface area contributed by atoms with E-state index in [9.17, 15) is 21.6 Å². The fraction of sp³-hybridized carbons (Fsp3) is 0.615. The maximum atomic E-state index is 12.4. The molecule has 0 aliphatic heterocycles. The molecular formula is C13H18F3N3O2S. The van der Waals surface area contributed by atoms with Crippen molar-refractivity contribution in [3.63, 3.8) is 0 Å². The molecule has 0 amide bonds. The fourth-order valence-electron chi connectivity index (χ4n) is 2.53. The van der Waals surface area contributed by atoms with Gasteiger partial charge in [-0.2, -0.15) is 13.2 Å². The third-order valence-corrected chi connectivity index (χ3v) is 5.30. The molecule has 1 aliphatic carbocycles. The molecule has 0 radical (unpaired) electrons. The molecule has 1 N–H and O–H groups in total. The molecule has 1 aromatic heterocycles. The number of hydrogen-bond acceptors (Lipinski definition) is 4.